The van der Waals surface area contributed by atoms with Crippen LogP contribution in [0, 0.1) is 0 Å². The van der Waals surface area contributed by atoms with Gasteiger partial charge in [-0.2, -0.15) is 0 Å². The molecule has 2 rings (SSSR count). The van der Waals surface area contributed by atoms with Crippen LogP contribution in [0.3, 0.4) is 0 Å². The molecule has 0 aliphatic carbocycles. The summed E-state index contributed by atoms with van der Waals surface area (Å²) in [5.41, 5.74) is 7.13. The third-order valence-corrected chi connectivity index (χ3v) is 4.09. The Morgan fingerprint density at radius 2 is 1.95 bits per heavy atom. The van der Waals surface area contributed by atoms with E-state index in [4.69, 9.17) is 22.1 Å². The summed E-state index contributed by atoms with van der Waals surface area (Å²) in [6, 6.07) is 5.98. The van der Waals surface area contributed by atoms with Crippen LogP contribution in [-0.4, -0.2) is 31.6 Å². The molecule has 1 aromatic carbocycles. The van der Waals surface area contributed by atoms with Crippen molar-refractivity contribution in [3.63, 3.8) is 0 Å². The number of nitrogens with two attached hydrogens (primary N) is 1. The van der Waals surface area contributed by atoms with Gasteiger partial charge < -0.3 is 10.5 Å². The first-order chi connectivity index (χ1) is 9.26. The van der Waals surface area contributed by atoms with Crippen LogP contribution in [0.15, 0.2) is 18.2 Å². The Labute approximate surface area is 120 Å². The molecular weight excluding hydrogens is 260 g/mol. The van der Waals surface area contributed by atoms with Crippen LogP contribution in [-0.2, 0) is 0 Å². The van der Waals surface area contributed by atoms with Gasteiger partial charge in [0.1, 0.15) is 5.75 Å². The van der Waals surface area contributed by atoms with Gasteiger partial charge in [0.15, 0.2) is 0 Å². The molecule has 19 heavy (non-hydrogen) atoms. The zero-order chi connectivity index (χ0) is 13.7. The van der Waals surface area contributed by atoms with Crippen LogP contribution in [0.5, 0.6) is 5.75 Å². The second kappa shape index (κ2) is 7.13. The summed E-state index contributed by atoms with van der Waals surface area (Å²) in [6.45, 7) is 2.81. The number of hydrogen-bond acceptors (Lipinski definition) is 3. The first kappa shape index (κ1) is 14.6. The lowest BCUT2D eigenvalue weighted by Gasteiger charge is -2.31. The van der Waals surface area contributed by atoms with Gasteiger partial charge in [-0.15, -0.1) is 0 Å². The Hall–Kier alpha value is -0.770. The Bertz CT molecular complexity index is 403. The van der Waals surface area contributed by atoms with E-state index in [9.17, 15) is 0 Å². The van der Waals surface area contributed by atoms with E-state index in [2.05, 4.69) is 4.90 Å². The molecule has 1 heterocycles. The zero-order valence-electron chi connectivity index (χ0n) is 11.6. The number of rotatable bonds is 4. The number of hydrogen-bond donors (Lipinski definition) is 1. The van der Waals surface area contributed by atoms with Crippen LogP contribution >= 0.6 is 11.6 Å². The number of ether oxygens (including phenoxy) is 1. The molecule has 1 atom stereocenters. The molecule has 1 aliphatic rings. The summed E-state index contributed by atoms with van der Waals surface area (Å²) < 4.78 is 5.46. The SMILES string of the molecule is COc1ccc(Cl)cc1C(CN)N1CCCCCC1. The highest BCUT2D eigenvalue weighted by Gasteiger charge is 2.23. The molecule has 1 fully saturated rings. The van der Waals surface area contributed by atoms with E-state index in [1.54, 1.807) is 7.11 Å². The van der Waals surface area contributed by atoms with E-state index in [-0.39, 0.29) is 6.04 Å². The third-order valence-electron chi connectivity index (χ3n) is 3.86. The van der Waals surface area contributed by atoms with Crippen LogP contribution in [0.1, 0.15) is 37.3 Å². The highest BCUT2D eigenvalue weighted by Crippen LogP contribution is 2.32. The van der Waals surface area contributed by atoms with Crippen molar-refractivity contribution in [1.82, 2.24) is 4.90 Å². The minimum Gasteiger partial charge on any atom is -0.496 e. The van der Waals surface area contributed by atoms with E-state index in [0.717, 1.165) is 29.4 Å². The molecule has 1 saturated heterocycles. The summed E-state index contributed by atoms with van der Waals surface area (Å²) in [6.07, 6.45) is 5.14. The van der Waals surface area contributed by atoms with Crippen molar-refractivity contribution in [3.8, 4) is 5.75 Å². The van der Waals surface area contributed by atoms with Crippen LogP contribution in [0.4, 0.5) is 0 Å². The van der Waals surface area contributed by atoms with E-state index in [1.165, 1.54) is 25.7 Å². The molecule has 0 aromatic heterocycles. The lowest BCUT2D eigenvalue weighted by Crippen LogP contribution is -2.34. The Kier molecular flexibility index (Phi) is 5.49. The molecule has 2 N–H and O–H groups in total. The second-order valence-corrected chi connectivity index (χ2v) is 5.52. The fourth-order valence-corrected chi connectivity index (χ4v) is 3.03. The Balaban J connectivity index is 2.26. The monoisotopic (exact) mass is 282 g/mol. The van der Waals surface area contributed by atoms with Crippen molar-refractivity contribution >= 4 is 11.6 Å². The summed E-state index contributed by atoms with van der Waals surface area (Å²) in [5.74, 6) is 0.879. The van der Waals surface area contributed by atoms with Gasteiger partial charge in [0, 0.05) is 17.1 Å². The molecular formula is C15H23ClN2O. The average molecular weight is 283 g/mol. The topological polar surface area (TPSA) is 38.5 Å². The van der Waals surface area contributed by atoms with E-state index >= 15 is 0 Å². The lowest BCUT2D eigenvalue weighted by atomic mass is 10.0. The minimum absolute atomic E-state index is 0.201. The summed E-state index contributed by atoms with van der Waals surface area (Å²) in [7, 11) is 1.70. The summed E-state index contributed by atoms with van der Waals surface area (Å²) in [5, 5.41) is 0.740. The van der Waals surface area contributed by atoms with E-state index < -0.39 is 0 Å². The fraction of sp³-hybridized carbons (Fsp3) is 0.600. The number of nitrogens with zero attached hydrogens (tertiary/aromatic N) is 1. The van der Waals surface area contributed by atoms with Gasteiger partial charge in [0.2, 0.25) is 0 Å². The molecule has 0 amide bonds. The molecule has 0 saturated carbocycles. The van der Waals surface area contributed by atoms with Crippen molar-refractivity contribution in [3.05, 3.63) is 28.8 Å². The van der Waals surface area contributed by atoms with Crippen LogP contribution < -0.4 is 10.5 Å². The third kappa shape index (κ3) is 3.62. The van der Waals surface area contributed by atoms with Crippen molar-refractivity contribution in [2.75, 3.05) is 26.7 Å². The standard InChI is InChI=1S/C15H23ClN2O/c1-19-15-7-6-12(16)10-13(15)14(11-17)18-8-4-2-3-5-9-18/h6-7,10,14H,2-5,8-9,11,17H2,1H3. The molecule has 1 aromatic rings. The normalized spacial score (nSPS) is 18.9. The summed E-state index contributed by atoms with van der Waals surface area (Å²) in [4.78, 5) is 2.47. The quantitative estimate of drug-likeness (QED) is 0.921. The Morgan fingerprint density at radius 3 is 2.53 bits per heavy atom. The largest absolute Gasteiger partial charge is 0.496 e. The van der Waals surface area contributed by atoms with Gasteiger partial charge in [-0.1, -0.05) is 24.4 Å². The Morgan fingerprint density at radius 1 is 1.26 bits per heavy atom. The molecule has 3 nitrogen and oxygen atoms in total. The van der Waals surface area contributed by atoms with Gasteiger partial charge in [0.05, 0.1) is 13.2 Å². The predicted octanol–water partition coefficient (Wildman–Crippen LogP) is 3.22. The minimum atomic E-state index is 0.201. The maximum atomic E-state index is 6.13. The predicted molar refractivity (Wildman–Crippen MR) is 79.8 cm³/mol. The van der Waals surface area contributed by atoms with Gasteiger partial charge in [0.25, 0.3) is 0 Å². The molecule has 0 radical (unpaired) electrons. The van der Waals surface area contributed by atoms with Gasteiger partial charge in [-0.05, 0) is 44.1 Å². The molecule has 1 unspecified atom stereocenters. The zero-order valence-corrected chi connectivity index (χ0v) is 12.3. The van der Waals surface area contributed by atoms with Crippen LogP contribution in [0.25, 0.3) is 0 Å². The maximum Gasteiger partial charge on any atom is 0.123 e. The maximum absolute atomic E-state index is 6.13. The van der Waals surface area contributed by atoms with Crippen LogP contribution in [0.2, 0.25) is 5.02 Å². The second-order valence-electron chi connectivity index (χ2n) is 5.09. The number of methoxy groups -OCH3 is 1. The fourth-order valence-electron chi connectivity index (χ4n) is 2.85. The van der Waals surface area contributed by atoms with Crippen molar-refractivity contribution in [1.29, 1.82) is 0 Å². The number of halogens is 1. The molecule has 0 bridgehead atoms. The summed E-state index contributed by atoms with van der Waals surface area (Å²) >= 11 is 6.13. The lowest BCUT2D eigenvalue weighted by molar-refractivity contribution is 0.205. The van der Waals surface area contributed by atoms with Gasteiger partial charge in [-0.3, -0.25) is 4.90 Å². The number of benzene rings is 1. The van der Waals surface area contributed by atoms with E-state index in [0.29, 0.717) is 6.54 Å². The van der Waals surface area contributed by atoms with Gasteiger partial charge in [-0.25, -0.2) is 0 Å². The molecule has 0 spiro atoms. The van der Waals surface area contributed by atoms with E-state index in [1.807, 2.05) is 18.2 Å². The molecule has 4 heteroatoms. The first-order valence-electron chi connectivity index (χ1n) is 7.04. The van der Waals surface area contributed by atoms with Gasteiger partial charge >= 0.3 is 0 Å². The first-order valence-corrected chi connectivity index (χ1v) is 7.41. The number of likely N-dealkylation sites (tertiary alicyclic amines) is 1. The smallest absolute Gasteiger partial charge is 0.123 e. The van der Waals surface area contributed by atoms with Crippen molar-refractivity contribution < 1.29 is 4.74 Å². The average Bonchev–Trinajstić information content (AvgIpc) is 2.69. The van der Waals surface area contributed by atoms with Crippen molar-refractivity contribution in [2.45, 2.75) is 31.7 Å². The highest BCUT2D eigenvalue weighted by atomic mass is 35.5. The molecule has 1 aliphatic heterocycles. The molecule has 106 valence electrons. The van der Waals surface area contributed by atoms with Crippen molar-refractivity contribution in [2.24, 2.45) is 5.73 Å². The highest BCUT2D eigenvalue weighted by molar-refractivity contribution is 6.30.